The van der Waals surface area contributed by atoms with Gasteiger partial charge in [-0.1, -0.05) is 12.1 Å². The molecular weight excluding hydrogens is 651 g/mol. The highest BCUT2D eigenvalue weighted by Crippen LogP contribution is 2.45. The summed E-state index contributed by atoms with van der Waals surface area (Å²) in [7, 11) is 1.96. The zero-order valence-corrected chi connectivity index (χ0v) is 29.0. The zero-order chi connectivity index (χ0) is 35.4. The molecule has 15 heteroatoms. The molecular formula is C35H44F3N9O3. The molecule has 3 saturated heterocycles. The van der Waals surface area contributed by atoms with Crippen LogP contribution in [0.15, 0.2) is 16.7 Å². The lowest BCUT2D eigenvalue weighted by molar-refractivity contribution is -0.139. The molecule has 268 valence electrons. The maximum Gasteiger partial charge on any atom is 0.418 e. The standard InChI is InChI=1S/C35H44F3N9O3/c1-20-15-25-26(17-24(20)31-30(35(36,37)38)21(2)16-27(39)42-31)41-33(49-19-34-10-5-12-47(34)13-6-11-34)43-32(25)45(4)23-9-14-46(18-23)29(48)8-7-28-40-22(3)44-50-28/h7-8,16,20,23-24H,5-6,9-15,17-19H2,1-4H3,(H2,39,42)/b8-7+. The summed E-state index contributed by atoms with van der Waals surface area (Å²) in [6.07, 6.45) is 4.12. The Morgan fingerprint density at radius 2 is 1.90 bits per heavy atom. The van der Waals surface area contributed by atoms with Gasteiger partial charge in [0.2, 0.25) is 5.91 Å². The Balaban J connectivity index is 1.19. The average molecular weight is 696 g/mol. The molecule has 3 atom stereocenters. The molecule has 3 unspecified atom stereocenters. The van der Waals surface area contributed by atoms with E-state index < -0.39 is 17.7 Å². The summed E-state index contributed by atoms with van der Waals surface area (Å²) in [5.74, 6) is 0.575. The number of halogens is 3. The first-order valence-electron chi connectivity index (χ1n) is 17.4. The Morgan fingerprint density at radius 3 is 2.60 bits per heavy atom. The van der Waals surface area contributed by atoms with Crippen molar-refractivity contribution in [3.05, 3.63) is 51.9 Å². The molecule has 6 heterocycles. The van der Waals surface area contributed by atoms with Crippen LogP contribution in [0.3, 0.4) is 0 Å². The monoisotopic (exact) mass is 695 g/mol. The maximum absolute atomic E-state index is 14.4. The van der Waals surface area contributed by atoms with Gasteiger partial charge in [-0.05, 0) is 89.4 Å². The van der Waals surface area contributed by atoms with E-state index in [1.54, 1.807) is 11.8 Å². The molecule has 0 saturated carbocycles. The number of likely N-dealkylation sites (N-methyl/N-ethyl adjacent to an activating group) is 1. The second kappa shape index (κ2) is 13.1. The fourth-order valence-corrected chi connectivity index (χ4v) is 8.55. The van der Waals surface area contributed by atoms with Crippen molar-refractivity contribution in [1.82, 2.24) is 34.9 Å². The molecule has 7 rings (SSSR count). The molecule has 1 aliphatic carbocycles. The minimum atomic E-state index is -4.58. The van der Waals surface area contributed by atoms with Gasteiger partial charge in [0.05, 0.1) is 22.5 Å². The first kappa shape index (κ1) is 34.2. The largest absolute Gasteiger partial charge is 0.461 e. The second-order valence-electron chi connectivity index (χ2n) is 14.4. The van der Waals surface area contributed by atoms with Crippen molar-refractivity contribution in [1.29, 1.82) is 0 Å². The summed E-state index contributed by atoms with van der Waals surface area (Å²) < 4.78 is 54.8. The predicted octanol–water partition coefficient (Wildman–Crippen LogP) is 4.75. The summed E-state index contributed by atoms with van der Waals surface area (Å²) in [5, 5.41) is 3.75. The normalized spacial score (nSPS) is 23.4. The molecule has 50 heavy (non-hydrogen) atoms. The third kappa shape index (κ3) is 6.51. The van der Waals surface area contributed by atoms with E-state index in [1.165, 1.54) is 25.1 Å². The number of amides is 1. The van der Waals surface area contributed by atoms with Crippen molar-refractivity contribution < 1.29 is 27.2 Å². The summed E-state index contributed by atoms with van der Waals surface area (Å²) in [6, 6.07) is 1.46. The summed E-state index contributed by atoms with van der Waals surface area (Å²) >= 11 is 0. The molecule has 3 fully saturated rings. The number of fused-ring (bicyclic) bond motifs is 2. The Morgan fingerprint density at radius 1 is 1.14 bits per heavy atom. The van der Waals surface area contributed by atoms with Crippen LogP contribution in [0.1, 0.15) is 84.7 Å². The number of aryl methyl sites for hydroxylation is 2. The number of pyridine rings is 1. The van der Waals surface area contributed by atoms with Crippen LogP contribution in [0.5, 0.6) is 6.01 Å². The fourth-order valence-electron chi connectivity index (χ4n) is 8.55. The molecule has 2 N–H and O–H groups in total. The van der Waals surface area contributed by atoms with Crippen LogP contribution < -0.4 is 15.4 Å². The van der Waals surface area contributed by atoms with E-state index in [4.69, 9.17) is 25.0 Å². The number of nitrogen functional groups attached to an aromatic ring is 1. The van der Waals surface area contributed by atoms with Gasteiger partial charge in [0.1, 0.15) is 18.2 Å². The number of likely N-dealkylation sites (tertiary alicyclic amines) is 1. The van der Waals surface area contributed by atoms with Crippen molar-refractivity contribution in [2.45, 2.75) is 89.4 Å². The molecule has 3 aromatic heterocycles. The average Bonchev–Trinajstić information content (AvgIpc) is 3.86. The number of hydrogen-bond donors (Lipinski definition) is 1. The molecule has 0 aromatic carbocycles. The van der Waals surface area contributed by atoms with E-state index in [1.807, 2.05) is 14.0 Å². The Kier molecular flexibility index (Phi) is 8.97. The van der Waals surface area contributed by atoms with Crippen LogP contribution in [-0.2, 0) is 23.8 Å². The maximum atomic E-state index is 14.4. The lowest BCUT2D eigenvalue weighted by Gasteiger charge is -2.36. The molecule has 12 nitrogen and oxygen atoms in total. The third-order valence-electron chi connectivity index (χ3n) is 11.1. The van der Waals surface area contributed by atoms with E-state index in [-0.39, 0.29) is 58.8 Å². The smallest absolute Gasteiger partial charge is 0.418 e. The molecule has 1 amide bonds. The topological polar surface area (TPSA) is 140 Å². The lowest BCUT2D eigenvalue weighted by Crippen LogP contribution is -2.43. The lowest BCUT2D eigenvalue weighted by atomic mass is 9.75. The first-order chi connectivity index (χ1) is 23.8. The number of carbonyl (C=O) groups excluding carboxylic acids is 1. The quantitative estimate of drug-likeness (QED) is 0.327. The number of anilines is 2. The SMILES string of the molecule is Cc1noc(/C=C/C(=O)N2CCC(N(C)c3nc(OCC45CCCN4CCC5)nc4c3CC(C)C(c3nc(N)cc(C)c3C(F)(F)F)C4)C2)n1. The van der Waals surface area contributed by atoms with Crippen LogP contribution in [-0.4, -0.2) is 92.2 Å². The molecule has 0 bridgehead atoms. The molecule has 0 radical (unpaired) electrons. The number of aromatic nitrogens is 5. The highest BCUT2D eigenvalue weighted by atomic mass is 19.4. The van der Waals surface area contributed by atoms with Gasteiger partial charge in [-0.3, -0.25) is 9.69 Å². The van der Waals surface area contributed by atoms with Crippen molar-refractivity contribution in [3.63, 3.8) is 0 Å². The number of rotatable bonds is 8. The molecule has 3 aliphatic heterocycles. The minimum Gasteiger partial charge on any atom is -0.461 e. The van der Waals surface area contributed by atoms with Crippen molar-refractivity contribution in [3.8, 4) is 6.01 Å². The Bertz CT molecular complexity index is 1780. The Labute approximate surface area is 289 Å². The predicted molar refractivity (Wildman–Crippen MR) is 179 cm³/mol. The van der Waals surface area contributed by atoms with Crippen LogP contribution in [0, 0.1) is 19.8 Å². The number of alkyl halides is 3. The fraction of sp³-hybridized carbons (Fsp3) is 0.600. The number of nitrogens with zero attached hydrogens (tertiary/aromatic N) is 8. The Hall–Kier alpha value is -4.27. The van der Waals surface area contributed by atoms with Crippen LogP contribution >= 0.6 is 0 Å². The van der Waals surface area contributed by atoms with Crippen molar-refractivity contribution in [2.75, 3.05) is 50.5 Å². The van der Waals surface area contributed by atoms with Crippen molar-refractivity contribution in [2.24, 2.45) is 5.92 Å². The van der Waals surface area contributed by atoms with Crippen LogP contribution in [0.25, 0.3) is 6.08 Å². The highest BCUT2D eigenvalue weighted by molar-refractivity contribution is 5.91. The van der Waals surface area contributed by atoms with Gasteiger partial charge < -0.3 is 24.8 Å². The number of hydrogen-bond acceptors (Lipinski definition) is 11. The summed E-state index contributed by atoms with van der Waals surface area (Å²) in [5.41, 5.74) is 6.83. The van der Waals surface area contributed by atoms with Gasteiger partial charge in [0.25, 0.3) is 5.89 Å². The number of nitrogens with two attached hydrogens (primary N) is 1. The third-order valence-corrected chi connectivity index (χ3v) is 11.1. The number of ether oxygens (including phenoxy) is 1. The van der Waals surface area contributed by atoms with Gasteiger partial charge in [0, 0.05) is 49.8 Å². The van der Waals surface area contributed by atoms with E-state index in [0.29, 0.717) is 49.9 Å². The molecule has 4 aliphatic rings. The summed E-state index contributed by atoms with van der Waals surface area (Å²) in [4.78, 5) is 37.7. The molecule has 3 aromatic rings. The van der Waals surface area contributed by atoms with Crippen LogP contribution in [0.2, 0.25) is 0 Å². The van der Waals surface area contributed by atoms with Gasteiger partial charge in [-0.2, -0.15) is 28.1 Å². The second-order valence-corrected chi connectivity index (χ2v) is 14.4. The van der Waals surface area contributed by atoms with Gasteiger partial charge in [-0.15, -0.1) is 0 Å². The molecule has 0 spiro atoms. The van der Waals surface area contributed by atoms with Gasteiger partial charge in [-0.25, -0.2) is 4.98 Å². The van der Waals surface area contributed by atoms with E-state index in [9.17, 15) is 18.0 Å². The van der Waals surface area contributed by atoms with Crippen LogP contribution in [0.4, 0.5) is 24.8 Å². The highest BCUT2D eigenvalue weighted by Gasteiger charge is 2.46. The van der Waals surface area contributed by atoms with E-state index in [2.05, 4.69) is 24.9 Å². The van der Waals surface area contributed by atoms with Gasteiger partial charge in [0.15, 0.2) is 5.82 Å². The van der Waals surface area contributed by atoms with Gasteiger partial charge >= 0.3 is 12.2 Å². The zero-order valence-electron chi connectivity index (χ0n) is 29.0. The number of carbonyl (C=O) groups is 1. The first-order valence-corrected chi connectivity index (χ1v) is 17.4. The van der Waals surface area contributed by atoms with E-state index >= 15 is 0 Å². The summed E-state index contributed by atoms with van der Waals surface area (Å²) in [6.45, 7) is 8.67. The van der Waals surface area contributed by atoms with Crippen molar-refractivity contribution >= 4 is 23.6 Å². The van der Waals surface area contributed by atoms with E-state index in [0.717, 1.165) is 44.3 Å². The minimum absolute atomic E-state index is 0.0350.